The standard InChI is InChI=1S/C6HF9O/c7-3(8)1(5(11,12)13)2(16)4(9,10)6(3,14)15/h16H/p-1. The van der Waals surface area contributed by atoms with Crippen molar-refractivity contribution in [3.8, 4) is 0 Å². The highest BCUT2D eigenvalue weighted by Gasteiger charge is 2.81. The van der Waals surface area contributed by atoms with Crippen LogP contribution in [0.4, 0.5) is 39.5 Å². The Bertz CT molecular complexity index is 350. The number of halogens is 9. The lowest BCUT2D eigenvalue weighted by Gasteiger charge is -2.26. The van der Waals surface area contributed by atoms with E-state index in [2.05, 4.69) is 0 Å². The Morgan fingerprint density at radius 3 is 1.31 bits per heavy atom. The molecule has 0 unspecified atom stereocenters. The maximum atomic E-state index is 12.4. The van der Waals surface area contributed by atoms with Crippen LogP contribution in [-0.2, 0) is 0 Å². The normalized spacial score (nSPS) is 27.3. The van der Waals surface area contributed by atoms with Gasteiger partial charge in [0.05, 0.1) is 0 Å². The van der Waals surface area contributed by atoms with Crippen molar-refractivity contribution in [1.82, 2.24) is 0 Å². The molecule has 0 spiro atoms. The van der Waals surface area contributed by atoms with Crippen LogP contribution < -0.4 is 5.11 Å². The predicted octanol–water partition coefficient (Wildman–Crippen LogP) is 2.08. The lowest BCUT2D eigenvalue weighted by atomic mass is 10.1. The summed E-state index contributed by atoms with van der Waals surface area (Å²) in [5.41, 5.74) is -3.73. The van der Waals surface area contributed by atoms with Gasteiger partial charge in [-0.3, -0.25) is 0 Å². The molecular weight excluding hydrogens is 259 g/mol. The van der Waals surface area contributed by atoms with Crippen LogP contribution in [0.5, 0.6) is 0 Å². The molecule has 16 heavy (non-hydrogen) atoms. The second kappa shape index (κ2) is 2.77. The molecule has 0 radical (unpaired) electrons. The van der Waals surface area contributed by atoms with Crippen molar-refractivity contribution < 1.29 is 44.6 Å². The predicted molar refractivity (Wildman–Crippen MR) is 27.9 cm³/mol. The summed E-state index contributed by atoms with van der Waals surface area (Å²) in [7, 11) is 0. The zero-order valence-corrected chi connectivity index (χ0v) is 6.81. The molecule has 10 heteroatoms. The zero-order valence-electron chi connectivity index (χ0n) is 6.81. The SMILES string of the molecule is [O-]C1=C(C(F)(F)F)C(F)(F)C(F)(F)C1(F)F. The lowest BCUT2D eigenvalue weighted by molar-refractivity contribution is -0.365. The fraction of sp³-hybridized carbons (Fsp3) is 0.667. The largest absolute Gasteiger partial charge is 0.871 e. The first-order valence-electron chi connectivity index (χ1n) is 3.40. The van der Waals surface area contributed by atoms with Gasteiger partial charge >= 0.3 is 23.9 Å². The molecule has 0 heterocycles. The second-order valence-electron chi connectivity index (χ2n) is 2.93. The van der Waals surface area contributed by atoms with Crippen LogP contribution >= 0.6 is 0 Å². The molecule has 0 amide bonds. The van der Waals surface area contributed by atoms with Gasteiger partial charge in [0.15, 0.2) is 0 Å². The molecule has 0 aliphatic heterocycles. The molecule has 1 aliphatic rings. The van der Waals surface area contributed by atoms with Crippen LogP contribution in [0.15, 0.2) is 11.3 Å². The van der Waals surface area contributed by atoms with E-state index in [1.807, 2.05) is 0 Å². The third-order valence-corrected chi connectivity index (χ3v) is 1.90. The molecule has 0 bridgehead atoms. The fourth-order valence-corrected chi connectivity index (χ4v) is 1.10. The van der Waals surface area contributed by atoms with E-state index in [0.29, 0.717) is 0 Å². The first-order valence-corrected chi connectivity index (χ1v) is 3.40. The molecule has 0 aromatic carbocycles. The number of alkyl halides is 9. The molecule has 1 nitrogen and oxygen atoms in total. The first-order chi connectivity index (χ1) is 6.78. The molecule has 0 N–H and O–H groups in total. The third kappa shape index (κ3) is 1.21. The van der Waals surface area contributed by atoms with Gasteiger partial charge in [0, 0.05) is 0 Å². The highest BCUT2D eigenvalue weighted by Crippen LogP contribution is 2.60. The average Bonchev–Trinajstić information content (AvgIpc) is 2.06. The molecule has 0 aromatic heterocycles. The summed E-state index contributed by atoms with van der Waals surface area (Å²) < 4.78 is 109. The van der Waals surface area contributed by atoms with Crippen molar-refractivity contribution >= 4 is 0 Å². The molecule has 0 saturated carbocycles. The molecule has 1 rings (SSSR count). The summed E-state index contributed by atoms with van der Waals surface area (Å²) in [5.74, 6) is -22.3. The van der Waals surface area contributed by atoms with Crippen LogP contribution in [-0.4, -0.2) is 23.9 Å². The van der Waals surface area contributed by atoms with Gasteiger partial charge in [-0.1, -0.05) is 0 Å². The van der Waals surface area contributed by atoms with Crippen molar-refractivity contribution in [2.45, 2.75) is 23.9 Å². The van der Waals surface area contributed by atoms with Gasteiger partial charge in [0.1, 0.15) is 5.57 Å². The summed E-state index contributed by atoms with van der Waals surface area (Å²) in [5, 5.41) is 10.2. The summed E-state index contributed by atoms with van der Waals surface area (Å²) in [6, 6.07) is 0. The highest BCUT2D eigenvalue weighted by atomic mass is 19.4. The molecule has 0 atom stereocenters. The third-order valence-electron chi connectivity index (χ3n) is 1.90. The van der Waals surface area contributed by atoms with E-state index < -0.39 is 35.3 Å². The van der Waals surface area contributed by atoms with Gasteiger partial charge in [0.25, 0.3) is 0 Å². The number of hydrogen-bond acceptors (Lipinski definition) is 1. The van der Waals surface area contributed by atoms with Crippen LogP contribution in [0.1, 0.15) is 0 Å². The Morgan fingerprint density at radius 2 is 1.19 bits per heavy atom. The smallest absolute Gasteiger partial charge is 0.417 e. The Labute approximate surface area is 81.2 Å². The van der Waals surface area contributed by atoms with Crippen molar-refractivity contribution in [3.05, 3.63) is 11.3 Å². The van der Waals surface area contributed by atoms with Crippen molar-refractivity contribution in [3.63, 3.8) is 0 Å². The monoisotopic (exact) mass is 259 g/mol. The summed E-state index contributed by atoms with van der Waals surface area (Å²) in [4.78, 5) is 0. The molecular formula is C6F9O-. The molecule has 0 aromatic rings. The van der Waals surface area contributed by atoms with E-state index in [4.69, 9.17) is 0 Å². The van der Waals surface area contributed by atoms with Crippen LogP contribution in [0.2, 0.25) is 0 Å². The molecule has 0 fully saturated rings. The fourth-order valence-electron chi connectivity index (χ4n) is 1.10. The van der Waals surface area contributed by atoms with Crippen LogP contribution in [0.25, 0.3) is 0 Å². The van der Waals surface area contributed by atoms with E-state index in [9.17, 15) is 44.6 Å². The Kier molecular flexibility index (Phi) is 2.25. The van der Waals surface area contributed by atoms with Crippen LogP contribution in [0.3, 0.4) is 0 Å². The van der Waals surface area contributed by atoms with E-state index in [0.717, 1.165) is 0 Å². The van der Waals surface area contributed by atoms with E-state index >= 15 is 0 Å². The second-order valence-corrected chi connectivity index (χ2v) is 2.93. The van der Waals surface area contributed by atoms with Gasteiger partial charge in [0.2, 0.25) is 0 Å². The van der Waals surface area contributed by atoms with Crippen molar-refractivity contribution in [1.29, 1.82) is 0 Å². The zero-order chi connectivity index (χ0) is 13.2. The van der Waals surface area contributed by atoms with Gasteiger partial charge in [-0.2, -0.15) is 39.5 Å². The highest BCUT2D eigenvalue weighted by molar-refractivity contribution is 5.38. The van der Waals surface area contributed by atoms with Crippen molar-refractivity contribution in [2.75, 3.05) is 0 Å². The Hall–Kier alpha value is -1.09. The Balaban J connectivity index is 3.55. The number of allylic oxidation sites excluding steroid dienone is 2. The minimum atomic E-state index is -6.39. The van der Waals surface area contributed by atoms with Gasteiger partial charge in [-0.05, 0) is 5.76 Å². The lowest BCUT2D eigenvalue weighted by Crippen LogP contribution is -2.51. The quantitative estimate of drug-likeness (QED) is 0.611. The van der Waals surface area contributed by atoms with Crippen molar-refractivity contribution in [2.24, 2.45) is 0 Å². The van der Waals surface area contributed by atoms with Gasteiger partial charge in [-0.25, -0.2) is 0 Å². The van der Waals surface area contributed by atoms with E-state index in [1.165, 1.54) is 0 Å². The maximum Gasteiger partial charge on any atom is 0.417 e. The number of hydrogen-bond donors (Lipinski definition) is 0. The Morgan fingerprint density at radius 1 is 0.812 bits per heavy atom. The first kappa shape index (κ1) is 13.0. The number of rotatable bonds is 0. The van der Waals surface area contributed by atoms with Gasteiger partial charge in [-0.15, -0.1) is 0 Å². The minimum absolute atomic E-state index is 3.60. The van der Waals surface area contributed by atoms with E-state index in [1.54, 1.807) is 0 Å². The molecule has 1 aliphatic carbocycles. The summed E-state index contributed by atoms with van der Waals surface area (Å²) >= 11 is 0. The average molecular weight is 259 g/mol. The van der Waals surface area contributed by atoms with E-state index in [-0.39, 0.29) is 0 Å². The van der Waals surface area contributed by atoms with Gasteiger partial charge < -0.3 is 5.11 Å². The summed E-state index contributed by atoms with van der Waals surface area (Å²) in [6.07, 6.45) is -6.25. The minimum Gasteiger partial charge on any atom is -0.871 e. The molecule has 94 valence electrons. The van der Waals surface area contributed by atoms with Crippen LogP contribution in [0, 0.1) is 0 Å². The maximum absolute atomic E-state index is 12.4. The summed E-state index contributed by atoms with van der Waals surface area (Å²) in [6.45, 7) is 0. The molecule has 0 saturated heterocycles. The topological polar surface area (TPSA) is 23.1 Å².